The summed E-state index contributed by atoms with van der Waals surface area (Å²) in [4.78, 5) is 27.5. The predicted molar refractivity (Wildman–Crippen MR) is 138 cm³/mol. The Morgan fingerprint density at radius 2 is 1.79 bits per heavy atom. The topological polar surface area (TPSA) is 58.6 Å². The van der Waals surface area contributed by atoms with Gasteiger partial charge in [0.25, 0.3) is 5.91 Å². The van der Waals surface area contributed by atoms with E-state index in [2.05, 4.69) is 42.0 Å². The highest BCUT2D eigenvalue weighted by Crippen LogP contribution is 2.31. The van der Waals surface area contributed by atoms with Gasteiger partial charge in [0.1, 0.15) is 11.8 Å². The molecule has 0 aliphatic rings. The molecule has 2 aromatic rings. The van der Waals surface area contributed by atoms with Crippen LogP contribution < -0.4 is 10.1 Å². The number of ether oxygens (including phenoxy) is 1. The van der Waals surface area contributed by atoms with Crippen LogP contribution in [0.5, 0.6) is 5.75 Å². The molecule has 0 fully saturated rings. The smallest absolute Gasteiger partial charge is 0.261 e. The number of nitrogens with one attached hydrogen (secondary N) is 1. The molecule has 0 aliphatic carbocycles. The van der Waals surface area contributed by atoms with Crippen LogP contribution in [0.25, 0.3) is 0 Å². The van der Waals surface area contributed by atoms with E-state index in [9.17, 15) is 9.59 Å². The van der Waals surface area contributed by atoms with E-state index in [1.54, 1.807) is 13.0 Å². The van der Waals surface area contributed by atoms with E-state index in [0.29, 0.717) is 23.2 Å². The third kappa shape index (κ3) is 8.04. The summed E-state index contributed by atoms with van der Waals surface area (Å²) in [5.41, 5.74) is 1.93. The molecule has 33 heavy (non-hydrogen) atoms. The van der Waals surface area contributed by atoms with Crippen molar-refractivity contribution in [2.24, 2.45) is 5.92 Å². The molecule has 0 saturated carbocycles. The van der Waals surface area contributed by atoms with E-state index in [-0.39, 0.29) is 30.4 Å². The average molecular weight is 538 g/mol. The molecule has 1 N–H and O–H groups in total. The third-order valence-electron chi connectivity index (χ3n) is 5.30. The second-order valence-corrected chi connectivity index (χ2v) is 10.9. The maximum Gasteiger partial charge on any atom is 0.261 e. The van der Waals surface area contributed by atoms with Crippen LogP contribution in [0.15, 0.2) is 46.9 Å². The van der Waals surface area contributed by atoms with E-state index in [1.165, 1.54) is 4.90 Å². The Kier molecular flexibility index (Phi) is 9.80. The van der Waals surface area contributed by atoms with Crippen LogP contribution >= 0.6 is 27.5 Å². The highest BCUT2D eigenvalue weighted by molar-refractivity contribution is 9.10. The van der Waals surface area contributed by atoms with E-state index in [4.69, 9.17) is 16.3 Å². The van der Waals surface area contributed by atoms with Crippen molar-refractivity contribution in [1.29, 1.82) is 0 Å². The van der Waals surface area contributed by atoms with Crippen molar-refractivity contribution in [1.82, 2.24) is 10.2 Å². The van der Waals surface area contributed by atoms with Crippen molar-refractivity contribution in [3.63, 3.8) is 0 Å². The van der Waals surface area contributed by atoms with Crippen LogP contribution in [0.3, 0.4) is 0 Å². The Morgan fingerprint density at radius 1 is 1.12 bits per heavy atom. The molecular formula is C26H34BrClN2O3. The van der Waals surface area contributed by atoms with Crippen molar-refractivity contribution in [3.05, 3.63) is 63.1 Å². The summed E-state index contributed by atoms with van der Waals surface area (Å²) < 4.78 is 6.62. The highest BCUT2D eigenvalue weighted by Gasteiger charge is 2.27. The van der Waals surface area contributed by atoms with E-state index in [0.717, 1.165) is 15.6 Å². The molecule has 180 valence electrons. The summed E-state index contributed by atoms with van der Waals surface area (Å²) in [5, 5.41) is 3.45. The lowest BCUT2D eigenvalue weighted by Crippen LogP contribution is -2.49. The standard InChI is InChI=1S/C26H34BrClN2O3/c1-17(2)14-29-25(32)18(3)30(15-19-9-7-8-10-22(19)28)24(31)16-33-23-12-11-20(13-21(23)27)26(4,5)6/h7-13,17-18H,14-16H2,1-6H3,(H,29,32)/t18-/m0/s1. The van der Waals surface area contributed by atoms with Gasteiger partial charge in [0, 0.05) is 18.1 Å². The number of carbonyl (C=O) groups excluding carboxylic acids is 2. The van der Waals surface area contributed by atoms with Crippen LogP contribution in [-0.2, 0) is 21.5 Å². The number of halogens is 2. The molecule has 5 nitrogen and oxygen atoms in total. The van der Waals surface area contributed by atoms with Gasteiger partial charge in [0.2, 0.25) is 5.91 Å². The molecule has 0 spiro atoms. The zero-order valence-electron chi connectivity index (χ0n) is 20.2. The van der Waals surface area contributed by atoms with Crippen molar-refractivity contribution < 1.29 is 14.3 Å². The molecule has 0 bridgehead atoms. The molecule has 0 unspecified atom stereocenters. The van der Waals surface area contributed by atoms with Gasteiger partial charge in [-0.2, -0.15) is 0 Å². The van der Waals surface area contributed by atoms with E-state index in [1.807, 2.05) is 50.2 Å². The number of nitrogens with zero attached hydrogens (tertiary/aromatic N) is 1. The first kappa shape index (κ1) is 27.2. The van der Waals surface area contributed by atoms with Crippen molar-refractivity contribution in [2.45, 2.75) is 59.5 Å². The van der Waals surface area contributed by atoms with Crippen LogP contribution in [0.2, 0.25) is 5.02 Å². The summed E-state index contributed by atoms with van der Waals surface area (Å²) in [7, 11) is 0. The molecule has 0 aliphatic heterocycles. The van der Waals surface area contributed by atoms with Crippen LogP contribution in [0, 0.1) is 5.92 Å². The maximum absolute atomic E-state index is 13.2. The number of hydrogen-bond acceptors (Lipinski definition) is 3. The van der Waals surface area contributed by atoms with E-state index >= 15 is 0 Å². The number of carbonyl (C=O) groups is 2. The lowest BCUT2D eigenvalue weighted by atomic mass is 9.87. The first-order valence-corrected chi connectivity index (χ1v) is 12.3. The Labute approximate surface area is 211 Å². The summed E-state index contributed by atoms with van der Waals surface area (Å²) in [6.07, 6.45) is 0. The predicted octanol–water partition coefficient (Wildman–Crippen LogP) is 5.97. The monoisotopic (exact) mass is 536 g/mol. The van der Waals surface area contributed by atoms with Crippen molar-refractivity contribution >= 4 is 39.3 Å². The molecule has 0 saturated heterocycles. The minimum atomic E-state index is -0.678. The van der Waals surface area contributed by atoms with Gasteiger partial charge in [-0.3, -0.25) is 9.59 Å². The Balaban J connectivity index is 2.19. The highest BCUT2D eigenvalue weighted by atomic mass is 79.9. The molecular weight excluding hydrogens is 504 g/mol. The van der Waals surface area contributed by atoms with Gasteiger partial charge >= 0.3 is 0 Å². The molecule has 0 radical (unpaired) electrons. The largest absolute Gasteiger partial charge is 0.483 e. The maximum atomic E-state index is 13.2. The van der Waals surface area contributed by atoms with Gasteiger partial charge in [0.15, 0.2) is 6.61 Å². The number of amides is 2. The fourth-order valence-corrected chi connectivity index (χ4v) is 3.84. The first-order chi connectivity index (χ1) is 15.4. The zero-order valence-corrected chi connectivity index (χ0v) is 22.6. The fourth-order valence-electron chi connectivity index (χ4n) is 3.15. The van der Waals surface area contributed by atoms with Crippen molar-refractivity contribution in [2.75, 3.05) is 13.2 Å². The molecule has 2 aromatic carbocycles. The van der Waals surface area contributed by atoms with Crippen LogP contribution in [0.1, 0.15) is 52.7 Å². The molecule has 0 heterocycles. The third-order valence-corrected chi connectivity index (χ3v) is 6.29. The molecule has 7 heteroatoms. The molecule has 0 aromatic heterocycles. The normalized spacial score (nSPS) is 12.4. The van der Waals surface area contributed by atoms with Gasteiger partial charge in [0.05, 0.1) is 4.47 Å². The van der Waals surface area contributed by atoms with Gasteiger partial charge in [-0.15, -0.1) is 0 Å². The summed E-state index contributed by atoms with van der Waals surface area (Å²) in [5.74, 6) is 0.380. The summed E-state index contributed by atoms with van der Waals surface area (Å²) in [6.45, 7) is 12.7. The van der Waals surface area contributed by atoms with Crippen LogP contribution in [0.4, 0.5) is 0 Å². The Bertz CT molecular complexity index is 972. The Morgan fingerprint density at radius 3 is 2.36 bits per heavy atom. The molecule has 2 rings (SSSR count). The lowest BCUT2D eigenvalue weighted by molar-refractivity contribution is -0.142. The lowest BCUT2D eigenvalue weighted by Gasteiger charge is -2.29. The summed E-state index contributed by atoms with van der Waals surface area (Å²) in [6, 6.07) is 12.5. The summed E-state index contributed by atoms with van der Waals surface area (Å²) >= 11 is 9.87. The van der Waals surface area contributed by atoms with E-state index < -0.39 is 6.04 Å². The molecule has 1 atom stereocenters. The second kappa shape index (κ2) is 11.9. The number of benzene rings is 2. The fraction of sp³-hybridized carbons (Fsp3) is 0.462. The van der Waals surface area contributed by atoms with Gasteiger partial charge in [-0.25, -0.2) is 0 Å². The van der Waals surface area contributed by atoms with Gasteiger partial charge in [-0.05, 0) is 63.5 Å². The average Bonchev–Trinajstić information content (AvgIpc) is 2.74. The number of hydrogen-bond donors (Lipinski definition) is 1. The van der Waals surface area contributed by atoms with Gasteiger partial charge < -0.3 is 15.0 Å². The first-order valence-electron chi connectivity index (χ1n) is 11.1. The van der Waals surface area contributed by atoms with Crippen LogP contribution in [-0.4, -0.2) is 35.9 Å². The zero-order chi connectivity index (χ0) is 24.8. The quantitative estimate of drug-likeness (QED) is 0.429. The Hall–Kier alpha value is -2.05. The minimum absolute atomic E-state index is 0.00139. The second-order valence-electron chi connectivity index (χ2n) is 9.61. The molecule has 2 amide bonds. The minimum Gasteiger partial charge on any atom is -0.483 e. The van der Waals surface area contributed by atoms with Crippen molar-refractivity contribution in [3.8, 4) is 5.75 Å². The van der Waals surface area contributed by atoms with Gasteiger partial charge in [-0.1, -0.05) is 70.5 Å². The SMILES string of the molecule is CC(C)CNC(=O)[C@H](C)N(Cc1ccccc1Cl)C(=O)COc1ccc(C(C)(C)C)cc1Br. The number of rotatable bonds is 9.